The molecule has 1 N–H and O–H groups in total. The number of halogens is 1. The van der Waals surface area contributed by atoms with Crippen molar-refractivity contribution < 1.29 is 13.2 Å². The fourth-order valence-corrected chi connectivity index (χ4v) is 4.03. The smallest absolute Gasteiger partial charge is 0.241 e. The molecule has 0 aliphatic heterocycles. The summed E-state index contributed by atoms with van der Waals surface area (Å²) in [5.41, 5.74) is 0. The van der Waals surface area contributed by atoms with Crippen LogP contribution in [0.25, 0.3) is 10.8 Å². The van der Waals surface area contributed by atoms with Crippen LogP contribution in [0.3, 0.4) is 0 Å². The van der Waals surface area contributed by atoms with E-state index in [4.69, 9.17) is 16.3 Å². The summed E-state index contributed by atoms with van der Waals surface area (Å²) in [5, 5.41) is 1.72. The Balaban J connectivity index is 1.74. The van der Waals surface area contributed by atoms with E-state index < -0.39 is 10.0 Å². The van der Waals surface area contributed by atoms with Gasteiger partial charge in [-0.25, -0.2) is 13.1 Å². The van der Waals surface area contributed by atoms with Gasteiger partial charge >= 0.3 is 0 Å². The Morgan fingerprint density at radius 3 is 2.38 bits per heavy atom. The van der Waals surface area contributed by atoms with Crippen molar-refractivity contribution in [2.45, 2.75) is 4.90 Å². The lowest BCUT2D eigenvalue weighted by Crippen LogP contribution is -2.28. The standard InChI is InChI=1S/C18H16ClNO3S/c19-16-10-4-6-14-7-5-11-17(18(14)16)24(21,22)20-12-13-23-15-8-2-1-3-9-15/h1-11,20H,12-13H2. The highest BCUT2D eigenvalue weighted by Crippen LogP contribution is 2.29. The van der Waals surface area contributed by atoms with Crippen LogP contribution in [-0.4, -0.2) is 21.6 Å². The highest BCUT2D eigenvalue weighted by Gasteiger charge is 2.18. The van der Waals surface area contributed by atoms with Gasteiger partial charge in [0, 0.05) is 17.0 Å². The first-order chi connectivity index (χ1) is 11.6. The summed E-state index contributed by atoms with van der Waals surface area (Å²) in [7, 11) is -3.68. The summed E-state index contributed by atoms with van der Waals surface area (Å²) in [4.78, 5) is 0.172. The maximum absolute atomic E-state index is 12.6. The van der Waals surface area contributed by atoms with Crippen molar-refractivity contribution in [2.75, 3.05) is 13.2 Å². The van der Waals surface area contributed by atoms with E-state index >= 15 is 0 Å². The molecular formula is C18H16ClNO3S. The van der Waals surface area contributed by atoms with Gasteiger partial charge in [0.25, 0.3) is 0 Å². The number of benzene rings is 3. The summed E-state index contributed by atoms with van der Waals surface area (Å²) in [5.74, 6) is 0.699. The van der Waals surface area contributed by atoms with Gasteiger partial charge in [0.2, 0.25) is 10.0 Å². The maximum Gasteiger partial charge on any atom is 0.241 e. The Labute approximate surface area is 146 Å². The lowest BCUT2D eigenvalue weighted by atomic mass is 10.1. The fourth-order valence-electron chi connectivity index (χ4n) is 2.43. The molecule has 4 nitrogen and oxygen atoms in total. The zero-order valence-corrected chi connectivity index (χ0v) is 14.3. The van der Waals surface area contributed by atoms with Crippen molar-refractivity contribution in [2.24, 2.45) is 0 Å². The van der Waals surface area contributed by atoms with E-state index in [0.29, 0.717) is 16.2 Å². The Kier molecular flexibility index (Phi) is 5.04. The Morgan fingerprint density at radius 1 is 0.917 bits per heavy atom. The minimum Gasteiger partial charge on any atom is -0.492 e. The topological polar surface area (TPSA) is 55.4 Å². The second-order valence-electron chi connectivity index (χ2n) is 5.15. The molecule has 24 heavy (non-hydrogen) atoms. The second-order valence-corrected chi connectivity index (χ2v) is 7.30. The minimum absolute atomic E-state index is 0.165. The van der Waals surface area contributed by atoms with Gasteiger partial charge in [0.05, 0.1) is 4.90 Å². The van der Waals surface area contributed by atoms with E-state index in [2.05, 4.69) is 4.72 Å². The maximum atomic E-state index is 12.6. The number of hydrogen-bond donors (Lipinski definition) is 1. The van der Waals surface area contributed by atoms with Gasteiger partial charge in [-0.1, -0.05) is 54.1 Å². The summed E-state index contributed by atoms with van der Waals surface area (Å²) >= 11 is 6.19. The molecule has 0 bridgehead atoms. The lowest BCUT2D eigenvalue weighted by molar-refractivity contribution is 0.323. The SMILES string of the molecule is O=S(=O)(NCCOc1ccccc1)c1cccc2cccc(Cl)c12. The van der Waals surface area contributed by atoms with Gasteiger partial charge in [0.1, 0.15) is 12.4 Å². The number of nitrogens with one attached hydrogen (secondary N) is 1. The monoisotopic (exact) mass is 361 g/mol. The average Bonchev–Trinajstić information content (AvgIpc) is 2.59. The van der Waals surface area contributed by atoms with Crippen LogP contribution in [0.15, 0.2) is 71.6 Å². The molecule has 0 aliphatic carbocycles. The molecule has 3 aromatic carbocycles. The predicted octanol–water partition coefficient (Wildman–Crippen LogP) is 3.85. The van der Waals surface area contributed by atoms with Crippen LogP contribution in [-0.2, 0) is 10.0 Å². The molecule has 124 valence electrons. The van der Waals surface area contributed by atoms with Gasteiger partial charge in [-0.3, -0.25) is 0 Å². The minimum atomic E-state index is -3.68. The van der Waals surface area contributed by atoms with Crippen molar-refractivity contribution in [1.29, 1.82) is 0 Å². The average molecular weight is 362 g/mol. The molecule has 0 aromatic heterocycles. The van der Waals surface area contributed by atoms with Crippen LogP contribution in [0.1, 0.15) is 0 Å². The van der Waals surface area contributed by atoms with Gasteiger partial charge in [-0.15, -0.1) is 0 Å². The Hall–Kier alpha value is -2.08. The third-order valence-electron chi connectivity index (χ3n) is 3.51. The zero-order valence-electron chi connectivity index (χ0n) is 12.8. The van der Waals surface area contributed by atoms with E-state index in [0.717, 1.165) is 5.39 Å². The van der Waals surface area contributed by atoms with E-state index in [1.807, 2.05) is 42.5 Å². The number of fused-ring (bicyclic) bond motifs is 1. The van der Waals surface area contributed by atoms with E-state index in [-0.39, 0.29) is 18.0 Å². The largest absolute Gasteiger partial charge is 0.492 e. The first-order valence-electron chi connectivity index (χ1n) is 7.43. The molecule has 0 radical (unpaired) electrons. The number of ether oxygens (including phenoxy) is 1. The fraction of sp³-hybridized carbons (Fsp3) is 0.111. The summed E-state index contributed by atoms with van der Waals surface area (Å²) in [6.07, 6.45) is 0. The third kappa shape index (κ3) is 3.70. The molecule has 0 fully saturated rings. The van der Waals surface area contributed by atoms with Gasteiger partial charge in [0.15, 0.2) is 0 Å². The van der Waals surface area contributed by atoms with Crippen molar-refractivity contribution >= 4 is 32.4 Å². The summed E-state index contributed by atoms with van der Waals surface area (Å²) < 4.78 is 33.2. The van der Waals surface area contributed by atoms with Gasteiger partial charge < -0.3 is 4.74 Å². The highest BCUT2D eigenvalue weighted by molar-refractivity contribution is 7.89. The molecule has 0 heterocycles. The molecule has 6 heteroatoms. The first-order valence-corrected chi connectivity index (χ1v) is 9.29. The lowest BCUT2D eigenvalue weighted by Gasteiger charge is -2.11. The van der Waals surface area contributed by atoms with Crippen LogP contribution >= 0.6 is 11.6 Å². The number of sulfonamides is 1. The number of rotatable bonds is 6. The van der Waals surface area contributed by atoms with Crippen LogP contribution in [0.4, 0.5) is 0 Å². The predicted molar refractivity (Wildman–Crippen MR) is 96.1 cm³/mol. The van der Waals surface area contributed by atoms with Gasteiger partial charge in [-0.05, 0) is 29.7 Å². The number of hydrogen-bond acceptors (Lipinski definition) is 3. The molecule has 3 aromatic rings. The molecular weight excluding hydrogens is 346 g/mol. The molecule has 3 rings (SSSR count). The summed E-state index contributed by atoms with van der Waals surface area (Å²) in [6, 6.07) is 19.6. The van der Waals surface area contributed by atoms with Crippen molar-refractivity contribution in [3.8, 4) is 5.75 Å². The number of para-hydroxylation sites is 1. The molecule has 0 saturated heterocycles. The molecule has 0 saturated carbocycles. The van der Waals surface area contributed by atoms with E-state index in [1.165, 1.54) is 0 Å². The zero-order chi connectivity index (χ0) is 17.0. The normalized spacial score (nSPS) is 11.5. The van der Waals surface area contributed by atoms with Crippen molar-refractivity contribution in [1.82, 2.24) is 4.72 Å². The molecule has 0 spiro atoms. The molecule has 0 amide bonds. The summed E-state index contributed by atoms with van der Waals surface area (Å²) in [6.45, 7) is 0.403. The Bertz CT molecular complexity index is 938. The van der Waals surface area contributed by atoms with E-state index in [1.54, 1.807) is 24.3 Å². The molecule has 0 aliphatic rings. The van der Waals surface area contributed by atoms with Crippen molar-refractivity contribution in [3.63, 3.8) is 0 Å². The quantitative estimate of drug-likeness (QED) is 0.678. The van der Waals surface area contributed by atoms with Crippen LogP contribution in [0.2, 0.25) is 5.02 Å². The van der Waals surface area contributed by atoms with Gasteiger partial charge in [-0.2, -0.15) is 0 Å². The van der Waals surface area contributed by atoms with Crippen LogP contribution in [0.5, 0.6) is 5.75 Å². The second kappa shape index (κ2) is 7.21. The molecule has 0 atom stereocenters. The third-order valence-corrected chi connectivity index (χ3v) is 5.33. The highest BCUT2D eigenvalue weighted by atomic mass is 35.5. The van der Waals surface area contributed by atoms with Crippen LogP contribution < -0.4 is 9.46 Å². The first kappa shape index (κ1) is 16.8. The Morgan fingerprint density at radius 2 is 1.62 bits per heavy atom. The van der Waals surface area contributed by atoms with Crippen LogP contribution in [0, 0.1) is 0 Å². The van der Waals surface area contributed by atoms with E-state index in [9.17, 15) is 8.42 Å². The molecule has 0 unspecified atom stereocenters. The van der Waals surface area contributed by atoms with Crippen molar-refractivity contribution in [3.05, 3.63) is 71.8 Å².